The minimum Gasteiger partial charge on any atom is -0.389 e. The number of hydrogen-bond donors (Lipinski definition) is 2. The van der Waals surface area contributed by atoms with Crippen molar-refractivity contribution in [2.45, 2.75) is 37.7 Å². The number of anilines is 1. The lowest BCUT2D eigenvalue weighted by atomic mass is 9.71. The maximum atomic E-state index is 12.6. The monoisotopic (exact) mass is 358 g/mol. The zero-order valence-corrected chi connectivity index (χ0v) is 14.8. The molecule has 4 rings (SSSR count). The summed E-state index contributed by atoms with van der Waals surface area (Å²) in [4.78, 5) is 14.4. The van der Waals surface area contributed by atoms with E-state index in [9.17, 15) is 9.90 Å². The van der Waals surface area contributed by atoms with Crippen LogP contribution in [0, 0.1) is 5.92 Å². The number of hydrogen-bond acceptors (Lipinski definition) is 5. The maximum Gasteiger partial charge on any atom is 0.321 e. The van der Waals surface area contributed by atoms with Crippen LogP contribution in [0.15, 0.2) is 29.6 Å². The molecule has 2 fully saturated rings. The number of carbonyl (C=O) groups is 1. The molecule has 132 valence electrons. The van der Waals surface area contributed by atoms with Gasteiger partial charge in [0.2, 0.25) is 0 Å². The first-order valence-corrected chi connectivity index (χ1v) is 9.63. The smallest absolute Gasteiger partial charge is 0.321 e. The van der Waals surface area contributed by atoms with Crippen LogP contribution in [0.4, 0.5) is 10.5 Å². The van der Waals surface area contributed by atoms with Gasteiger partial charge in [-0.25, -0.2) is 4.79 Å². The number of amides is 2. The van der Waals surface area contributed by atoms with Gasteiger partial charge < -0.3 is 15.3 Å². The maximum absolute atomic E-state index is 12.6. The second kappa shape index (κ2) is 6.72. The van der Waals surface area contributed by atoms with Crippen LogP contribution in [0.25, 0.3) is 11.3 Å². The molecule has 6 nitrogen and oxygen atoms in total. The summed E-state index contributed by atoms with van der Waals surface area (Å²) >= 11 is 1.32. The normalized spacial score (nSPS) is 26.1. The first-order valence-electron chi connectivity index (χ1n) is 8.80. The van der Waals surface area contributed by atoms with Gasteiger partial charge >= 0.3 is 6.03 Å². The molecule has 2 unspecified atom stereocenters. The predicted octanol–water partition coefficient (Wildman–Crippen LogP) is 3.36. The Balaban J connectivity index is 1.39. The van der Waals surface area contributed by atoms with Gasteiger partial charge in [-0.15, -0.1) is 5.10 Å². The van der Waals surface area contributed by atoms with Gasteiger partial charge in [0.25, 0.3) is 0 Å². The summed E-state index contributed by atoms with van der Waals surface area (Å²) in [5, 5.41) is 19.6. The molecule has 1 saturated heterocycles. The van der Waals surface area contributed by atoms with E-state index < -0.39 is 5.60 Å². The molecule has 0 spiro atoms. The lowest BCUT2D eigenvalue weighted by Gasteiger charge is -2.47. The summed E-state index contributed by atoms with van der Waals surface area (Å²) < 4.78 is 3.86. The molecular weight excluding hydrogens is 336 g/mol. The second-order valence-electron chi connectivity index (χ2n) is 7.04. The number of urea groups is 1. The Labute approximate surface area is 151 Å². The van der Waals surface area contributed by atoms with E-state index in [1.807, 2.05) is 34.5 Å². The standard InChI is InChI=1S/C18H22N4O2S/c23-17(22-10-9-18(24)8-2-1-3-14(18)11-22)19-15-6-4-13(5-7-15)16-12-25-21-20-16/h4-7,12,14,24H,1-3,8-11H2,(H,19,23). The van der Waals surface area contributed by atoms with Crippen molar-refractivity contribution in [1.29, 1.82) is 0 Å². The van der Waals surface area contributed by atoms with Gasteiger partial charge in [0.05, 0.1) is 5.60 Å². The zero-order chi connectivity index (χ0) is 17.3. The van der Waals surface area contributed by atoms with E-state index in [4.69, 9.17) is 0 Å². The Morgan fingerprint density at radius 2 is 2.12 bits per heavy atom. The molecule has 1 aromatic heterocycles. The van der Waals surface area contributed by atoms with Crippen molar-refractivity contribution in [2.75, 3.05) is 18.4 Å². The lowest BCUT2D eigenvalue weighted by Crippen LogP contribution is -2.55. The molecular formula is C18H22N4O2S. The average molecular weight is 358 g/mol. The molecule has 0 bridgehead atoms. The quantitative estimate of drug-likeness (QED) is 0.863. The van der Waals surface area contributed by atoms with Crippen molar-refractivity contribution in [1.82, 2.24) is 14.5 Å². The third-order valence-corrected chi connectivity index (χ3v) is 6.01. The highest BCUT2D eigenvalue weighted by molar-refractivity contribution is 7.03. The zero-order valence-electron chi connectivity index (χ0n) is 14.0. The van der Waals surface area contributed by atoms with E-state index in [2.05, 4.69) is 14.9 Å². The van der Waals surface area contributed by atoms with Crippen molar-refractivity contribution >= 4 is 23.3 Å². The number of carbonyl (C=O) groups excluding carboxylic acids is 1. The van der Waals surface area contributed by atoms with Crippen molar-refractivity contribution in [2.24, 2.45) is 5.92 Å². The molecule has 2 atom stereocenters. The number of nitrogens with one attached hydrogen (secondary N) is 1. The summed E-state index contributed by atoms with van der Waals surface area (Å²) in [5.41, 5.74) is 2.03. The van der Waals surface area contributed by atoms with Crippen molar-refractivity contribution < 1.29 is 9.90 Å². The Morgan fingerprint density at radius 1 is 1.28 bits per heavy atom. The van der Waals surface area contributed by atoms with Crippen LogP contribution in [0.3, 0.4) is 0 Å². The van der Waals surface area contributed by atoms with E-state index in [0.29, 0.717) is 19.5 Å². The van der Waals surface area contributed by atoms with E-state index in [0.717, 1.165) is 42.6 Å². The lowest BCUT2D eigenvalue weighted by molar-refractivity contribution is -0.0863. The fraction of sp³-hybridized carbons (Fsp3) is 0.500. The largest absolute Gasteiger partial charge is 0.389 e. The number of aliphatic hydroxyl groups is 1. The summed E-state index contributed by atoms with van der Waals surface area (Å²) in [6.07, 6.45) is 4.81. The summed E-state index contributed by atoms with van der Waals surface area (Å²) in [6, 6.07) is 7.54. The Hall–Kier alpha value is -1.99. The first kappa shape index (κ1) is 16.5. The minimum absolute atomic E-state index is 0.0873. The second-order valence-corrected chi connectivity index (χ2v) is 7.65. The molecule has 1 aliphatic carbocycles. The molecule has 1 aliphatic heterocycles. The minimum atomic E-state index is -0.557. The number of benzene rings is 1. The third kappa shape index (κ3) is 3.39. The highest BCUT2D eigenvalue weighted by atomic mass is 32.1. The molecule has 2 heterocycles. The molecule has 25 heavy (non-hydrogen) atoms. The van der Waals surface area contributed by atoms with Crippen LogP contribution in [-0.2, 0) is 0 Å². The number of piperidine rings is 1. The predicted molar refractivity (Wildman–Crippen MR) is 97.5 cm³/mol. The third-order valence-electron chi connectivity index (χ3n) is 5.51. The molecule has 0 radical (unpaired) electrons. The van der Waals surface area contributed by atoms with Crippen LogP contribution >= 0.6 is 11.5 Å². The highest BCUT2D eigenvalue weighted by Crippen LogP contribution is 2.39. The van der Waals surface area contributed by atoms with E-state index in [1.54, 1.807) is 0 Å². The molecule has 2 amide bonds. The van der Waals surface area contributed by atoms with Crippen LogP contribution < -0.4 is 5.32 Å². The topological polar surface area (TPSA) is 78.4 Å². The summed E-state index contributed by atoms with van der Waals surface area (Å²) in [6.45, 7) is 1.26. The van der Waals surface area contributed by atoms with Gasteiger partial charge in [0.1, 0.15) is 5.69 Å². The van der Waals surface area contributed by atoms with E-state index >= 15 is 0 Å². The van der Waals surface area contributed by atoms with Gasteiger partial charge in [0, 0.05) is 35.6 Å². The van der Waals surface area contributed by atoms with Crippen LogP contribution in [0.5, 0.6) is 0 Å². The SMILES string of the molecule is O=C(Nc1ccc(-c2csnn2)cc1)N1CCC2(O)CCCCC2C1. The van der Waals surface area contributed by atoms with Crippen LogP contribution in [0.1, 0.15) is 32.1 Å². The number of nitrogens with zero attached hydrogens (tertiary/aromatic N) is 3. The Kier molecular flexibility index (Phi) is 4.43. The molecule has 1 aromatic carbocycles. The summed E-state index contributed by atoms with van der Waals surface area (Å²) in [5.74, 6) is 0.209. The Morgan fingerprint density at radius 3 is 2.88 bits per heavy atom. The van der Waals surface area contributed by atoms with Gasteiger partial charge in [-0.3, -0.25) is 0 Å². The van der Waals surface area contributed by atoms with Crippen LogP contribution in [-0.4, -0.2) is 44.3 Å². The highest BCUT2D eigenvalue weighted by Gasteiger charge is 2.43. The fourth-order valence-corrected chi connectivity index (χ4v) is 4.44. The molecule has 1 saturated carbocycles. The van der Waals surface area contributed by atoms with Crippen molar-refractivity contribution in [3.8, 4) is 11.3 Å². The Bertz CT molecular complexity index is 734. The number of rotatable bonds is 2. The van der Waals surface area contributed by atoms with E-state index in [1.165, 1.54) is 11.5 Å². The first-order chi connectivity index (χ1) is 12.1. The molecule has 2 aliphatic rings. The molecule has 2 N–H and O–H groups in total. The van der Waals surface area contributed by atoms with Gasteiger partial charge in [-0.2, -0.15) is 0 Å². The van der Waals surface area contributed by atoms with Crippen LogP contribution in [0.2, 0.25) is 0 Å². The fourth-order valence-electron chi connectivity index (χ4n) is 3.97. The average Bonchev–Trinajstić information content (AvgIpc) is 3.16. The van der Waals surface area contributed by atoms with E-state index in [-0.39, 0.29) is 11.9 Å². The number of aromatic nitrogens is 2. The van der Waals surface area contributed by atoms with Gasteiger partial charge in [-0.1, -0.05) is 29.5 Å². The summed E-state index contributed by atoms with van der Waals surface area (Å²) in [7, 11) is 0. The van der Waals surface area contributed by atoms with Gasteiger partial charge in [-0.05, 0) is 42.9 Å². The number of likely N-dealkylation sites (tertiary alicyclic amines) is 1. The van der Waals surface area contributed by atoms with Crippen molar-refractivity contribution in [3.05, 3.63) is 29.6 Å². The van der Waals surface area contributed by atoms with Crippen molar-refractivity contribution in [3.63, 3.8) is 0 Å². The number of fused-ring (bicyclic) bond motifs is 1. The molecule has 7 heteroatoms. The molecule has 2 aromatic rings. The van der Waals surface area contributed by atoms with Gasteiger partial charge in [0.15, 0.2) is 0 Å².